The first-order valence-corrected chi connectivity index (χ1v) is 6.71. The molecular weight excluding hydrogens is 226 g/mol. The molecule has 0 aromatic heterocycles. The van der Waals surface area contributed by atoms with Crippen molar-refractivity contribution in [1.29, 1.82) is 0 Å². The topological polar surface area (TPSA) is 44.4 Å². The molecule has 1 aromatic rings. The summed E-state index contributed by atoms with van der Waals surface area (Å²) in [5.74, 6) is 0.0885. The SMILES string of the molecule is CCc1cccc2c1C(=O)N[C@H]1CCNCCN21. The molecule has 0 bridgehead atoms. The Morgan fingerprint density at radius 2 is 2.28 bits per heavy atom. The minimum Gasteiger partial charge on any atom is -0.349 e. The van der Waals surface area contributed by atoms with Crippen LogP contribution in [0.3, 0.4) is 0 Å². The van der Waals surface area contributed by atoms with Gasteiger partial charge in [0.05, 0.1) is 11.3 Å². The summed E-state index contributed by atoms with van der Waals surface area (Å²) in [4.78, 5) is 14.6. The van der Waals surface area contributed by atoms with E-state index < -0.39 is 0 Å². The first kappa shape index (κ1) is 11.5. The van der Waals surface area contributed by atoms with Gasteiger partial charge < -0.3 is 15.5 Å². The Labute approximate surface area is 107 Å². The van der Waals surface area contributed by atoms with Crippen LogP contribution in [0.1, 0.15) is 29.3 Å². The lowest BCUT2D eigenvalue weighted by molar-refractivity contribution is 0.0925. The zero-order valence-electron chi connectivity index (χ0n) is 10.7. The van der Waals surface area contributed by atoms with Gasteiger partial charge in [0, 0.05) is 13.1 Å². The average Bonchev–Trinajstić information content (AvgIpc) is 2.63. The maximum Gasteiger partial charge on any atom is 0.255 e. The van der Waals surface area contributed by atoms with E-state index in [4.69, 9.17) is 0 Å². The molecule has 2 aliphatic heterocycles. The van der Waals surface area contributed by atoms with E-state index >= 15 is 0 Å². The van der Waals surface area contributed by atoms with Crippen LogP contribution in [0.2, 0.25) is 0 Å². The van der Waals surface area contributed by atoms with Crippen molar-refractivity contribution in [2.45, 2.75) is 25.9 Å². The number of carbonyl (C=O) groups is 1. The zero-order chi connectivity index (χ0) is 12.5. The Morgan fingerprint density at radius 3 is 3.11 bits per heavy atom. The van der Waals surface area contributed by atoms with Crippen molar-refractivity contribution in [2.75, 3.05) is 24.5 Å². The van der Waals surface area contributed by atoms with E-state index in [1.54, 1.807) is 0 Å². The molecular formula is C14H19N3O. The number of rotatable bonds is 1. The largest absolute Gasteiger partial charge is 0.349 e. The number of hydrogen-bond donors (Lipinski definition) is 2. The number of fused-ring (bicyclic) bond motifs is 3. The number of anilines is 1. The van der Waals surface area contributed by atoms with Crippen LogP contribution >= 0.6 is 0 Å². The number of nitrogens with zero attached hydrogens (tertiary/aromatic N) is 1. The van der Waals surface area contributed by atoms with Crippen LogP contribution in [0.5, 0.6) is 0 Å². The third kappa shape index (κ3) is 1.77. The fourth-order valence-corrected chi connectivity index (χ4v) is 2.92. The highest BCUT2D eigenvalue weighted by Crippen LogP contribution is 2.30. The summed E-state index contributed by atoms with van der Waals surface area (Å²) in [5.41, 5.74) is 3.12. The fourth-order valence-electron chi connectivity index (χ4n) is 2.92. The van der Waals surface area contributed by atoms with Crippen molar-refractivity contribution < 1.29 is 4.79 Å². The van der Waals surface area contributed by atoms with Crippen molar-refractivity contribution in [1.82, 2.24) is 10.6 Å². The van der Waals surface area contributed by atoms with Gasteiger partial charge in [0.2, 0.25) is 0 Å². The van der Waals surface area contributed by atoms with Gasteiger partial charge in [-0.05, 0) is 31.0 Å². The van der Waals surface area contributed by atoms with E-state index in [0.29, 0.717) is 0 Å². The van der Waals surface area contributed by atoms with Crippen LogP contribution < -0.4 is 15.5 Å². The molecule has 2 heterocycles. The Morgan fingerprint density at radius 1 is 1.39 bits per heavy atom. The van der Waals surface area contributed by atoms with Gasteiger partial charge in [-0.15, -0.1) is 0 Å². The summed E-state index contributed by atoms with van der Waals surface area (Å²) >= 11 is 0. The maximum atomic E-state index is 12.3. The summed E-state index contributed by atoms with van der Waals surface area (Å²) < 4.78 is 0. The molecule has 0 unspecified atom stereocenters. The molecule has 2 aliphatic rings. The highest BCUT2D eigenvalue weighted by molar-refractivity contribution is 6.03. The Bertz CT molecular complexity index is 472. The second kappa shape index (κ2) is 4.61. The molecule has 18 heavy (non-hydrogen) atoms. The Kier molecular flexibility index (Phi) is 2.96. The van der Waals surface area contributed by atoms with Crippen molar-refractivity contribution in [3.05, 3.63) is 29.3 Å². The first-order valence-electron chi connectivity index (χ1n) is 6.71. The van der Waals surface area contributed by atoms with Crippen molar-refractivity contribution in [3.8, 4) is 0 Å². The molecule has 1 fully saturated rings. The highest BCUT2D eigenvalue weighted by atomic mass is 16.2. The van der Waals surface area contributed by atoms with Gasteiger partial charge in [-0.3, -0.25) is 4.79 Å². The van der Waals surface area contributed by atoms with E-state index in [1.165, 1.54) is 0 Å². The smallest absolute Gasteiger partial charge is 0.255 e. The predicted octanol–water partition coefficient (Wildman–Crippen LogP) is 1.12. The number of benzene rings is 1. The number of amides is 1. The van der Waals surface area contributed by atoms with Crippen LogP contribution in [0.25, 0.3) is 0 Å². The molecule has 1 amide bonds. The minimum absolute atomic E-state index is 0.0885. The predicted molar refractivity (Wildman–Crippen MR) is 71.9 cm³/mol. The van der Waals surface area contributed by atoms with Gasteiger partial charge in [-0.2, -0.15) is 0 Å². The quantitative estimate of drug-likeness (QED) is 0.779. The zero-order valence-corrected chi connectivity index (χ0v) is 10.7. The maximum absolute atomic E-state index is 12.3. The van der Waals surface area contributed by atoms with E-state index in [1.807, 2.05) is 0 Å². The number of hydrogen-bond acceptors (Lipinski definition) is 3. The monoisotopic (exact) mass is 245 g/mol. The van der Waals surface area contributed by atoms with Crippen LogP contribution in [0.15, 0.2) is 18.2 Å². The molecule has 0 radical (unpaired) electrons. The third-order valence-corrected chi connectivity index (χ3v) is 3.84. The van der Waals surface area contributed by atoms with Crippen molar-refractivity contribution in [2.24, 2.45) is 0 Å². The van der Waals surface area contributed by atoms with E-state index in [2.05, 4.69) is 40.7 Å². The second-order valence-corrected chi connectivity index (χ2v) is 4.89. The molecule has 1 aromatic carbocycles. The lowest BCUT2D eigenvalue weighted by Gasteiger charge is -2.38. The van der Waals surface area contributed by atoms with Crippen molar-refractivity contribution in [3.63, 3.8) is 0 Å². The number of aryl methyl sites for hydroxylation is 1. The van der Waals surface area contributed by atoms with Gasteiger partial charge in [-0.1, -0.05) is 19.1 Å². The third-order valence-electron chi connectivity index (χ3n) is 3.84. The van der Waals surface area contributed by atoms with Gasteiger partial charge in [0.1, 0.15) is 6.17 Å². The summed E-state index contributed by atoms with van der Waals surface area (Å²) in [7, 11) is 0. The van der Waals surface area contributed by atoms with E-state index in [-0.39, 0.29) is 12.1 Å². The lowest BCUT2D eigenvalue weighted by atomic mass is 9.98. The Hall–Kier alpha value is -1.55. The fraction of sp³-hybridized carbons (Fsp3) is 0.500. The van der Waals surface area contributed by atoms with Crippen LogP contribution in [0.4, 0.5) is 5.69 Å². The molecule has 1 atom stereocenters. The van der Waals surface area contributed by atoms with Crippen LogP contribution in [0, 0.1) is 0 Å². The van der Waals surface area contributed by atoms with Gasteiger partial charge >= 0.3 is 0 Å². The number of carbonyl (C=O) groups excluding carboxylic acids is 1. The molecule has 96 valence electrons. The van der Waals surface area contributed by atoms with Crippen LogP contribution in [-0.2, 0) is 6.42 Å². The normalized spacial score (nSPS) is 22.8. The average molecular weight is 245 g/mol. The molecule has 3 rings (SSSR count). The first-order chi connectivity index (χ1) is 8.81. The summed E-state index contributed by atoms with van der Waals surface area (Å²) in [6.07, 6.45) is 2.00. The second-order valence-electron chi connectivity index (χ2n) is 4.89. The standard InChI is InChI=1S/C14H19N3O/c1-2-10-4-3-5-11-13(10)14(18)16-12-6-7-15-8-9-17(11)12/h3-5,12,15H,2,6-9H2,1H3,(H,16,18)/t12-/m1/s1. The van der Waals surface area contributed by atoms with E-state index in [0.717, 1.165) is 49.3 Å². The molecule has 0 aliphatic carbocycles. The Balaban J connectivity index is 2.08. The molecule has 0 spiro atoms. The van der Waals surface area contributed by atoms with Gasteiger partial charge in [0.25, 0.3) is 5.91 Å². The number of nitrogens with one attached hydrogen (secondary N) is 2. The van der Waals surface area contributed by atoms with Crippen molar-refractivity contribution >= 4 is 11.6 Å². The van der Waals surface area contributed by atoms with Gasteiger partial charge in [0.15, 0.2) is 0 Å². The molecule has 1 saturated heterocycles. The molecule has 4 heteroatoms. The molecule has 2 N–H and O–H groups in total. The summed E-state index contributed by atoms with van der Waals surface area (Å²) in [6.45, 7) is 4.98. The van der Waals surface area contributed by atoms with Gasteiger partial charge in [-0.25, -0.2) is 0 Å². The van der Waals surface area contributed by atoms with Crippen LogP contribution in [-0.4, -0.2) is 31.7 Å². The highest BCUT2D eigenvalue weighted by Gasteiger charge is 2.32. The lowest BCUT2D eigenvalue weighted by Crippen LogP contribution is -2.53. The molecule has 0 saturated carbocycles. The minimum atomic E-state index is 0.0885. The summed E-state index contributed by atoms with van der Waals surface area (Å²) in [6, 6.07) is 6.19. The summed E-state index contributed by atoms with van der Waals surface area (Å²) in [5, 5.41) is 6.52. The molecule has 4 nitrogen and oxygen atoms in total. The van der Waals surface area contributed by atoms with E-state index in [9.17, 15) is 4.79 Å².